The molecule has 0 radical (unpaired) electrons. The van der Waals surface area contributed by atoms with Gasteiger partial charge in [-0.3, -0.25) is 0 Å². The van der Waals surface area contributed by atoms with E-state index < -0.39 is 0 Å². The van der Waals surface area contributed by atoms with Crippen molar-refractivity contribution >= 4 is 23.5 Å². The molecule has 2 aliphatic carbocycles. The number of benzene rings is 2. The van der Waals surface area contributed by atoms with Crippen LogP contribution in [0.3, 0.4) is 0 Å². The first kappa shape index (κ1) is 11.4. The van der Waals surface area contributed by atoms with Crippen LogP contribution in [0.15, 0.2) is 48.0 Å². The fraction of sp³-hybridized carbons (Fsp3) is 0.111. The molecule has 0 heterocycles. The highest BCUT2D eigenvalue weighted by molar-refractivity contribution is 5.83. The van der Waals surface area contributed by atoms with E-state index in [1.165, 1.54) is 27.8 Å². The second-order valence-corrected chi connectivity index (χ2v) is 5.66. The predicted molar refractivity (Wildman–Crippen MR) is 85.2 cm³/mol. The SMILES string of the molecule is CC1=Cc2ccc(N)cc2C12C=Cc1ccc(N)cc12. The van der Waals surface area contributed by atoms with Crippen molar-refractivity contribution in [2.45, 2.75) is 12.3 Å². The van der Waals surface area contributed by atoms with Gasteiger partial charge in [-0.2, -0.15) is 0 Å². The predicted octanol–water partition coefficient (Wildman–Crippen LogP) is 3.58. The van der Waals surface area contributed by atoms with Gasteiger partial charge in [0.2, 0.25) is 0 Å². The molecule has 2 nitrogen and oxygen atoms in total. The summed E-state index contributed by atoms with van der Waals surface area (Å²) in [6.45, 7) is 2.18. The molecular formula is C18H16N2. The molecular weight excluding hydrogens is 244 g/mol. The Balaban J connectivity index is 2.07. The van der Waals surface area contributed by atoms with Gasteiger partial charge >= 0.3 is 0 Å². The van der Waals surface area contributed by atoms with Crippen LogP contribution in [-0.4, -0.2) is 0 Å². The molecule has 0 aliphatic heterocycles. The summed E-state index contributed by atoms with van der Waals surface area (Å²) in [6, 6.07) is 12.3. The highest BCUT2D eigenvalue weighted by atomic mass is 14.6. The molecule has 2 aromatic rings. The topological polar surface area (TPSA) is 52.0 Å². The first-order chi connectivity index (χ1) is 9.61. The number of fused-ring (bicyclic) bond motifs is 4. The Labute approximate surface area is 118 Å². The van der Waals surface area contributed by atoms with Crippen LogP contribution in [0.4, 0.5) is 11.4 Å². The van der Waals surface area contributed by atoms with Crippen LogP contribution in [0.25, 0.3) is 12.2 Å². The molecule has 2 aromatic carbocycles. The first-order valence-electron chi connectivity index (χ1n) is 6.79. The molecule has 0 saturated heterocycles. The van der Waals surface area contributed by atoms with Gasteiger partial charge in [0.05, 0.1) is 5.41 Å². The summed E-state index contributed by atoms with van der Waals surface area (Å²) in [4.78, 5) is 0. The normalized spacial score (nSPS) is 21.9. The van der Waals surface area contributed by atoms with E-state index in [1.807, 2.05) is 12.1 Å². The molecule has 2 aliphatic rings. The van der Waals surface area contributed by atoms with Crippen molar-refractivity contribution in [1.29, 1.82) is 0 Å². The molecule has 0 saturated carbocycles. The minimum atomic E-state index is -0.185. The van der Waals surface area contributed by atoms with Gasteiger partial charge in [-0.1, -0.05) is 35.9 Å². The number of allylic oxidation sites excluding steroid dienone is 2. The van der Waals surface area contributed by atoms with Gasteiger partial charge < -0.3 is 11.5 Å². The highest BCUT2D eigenvalue weighted by Crippen LogP contribution is 2.52. The molecule has 1 spiro atoms. The number of anilines is 2. The molecule has 1 atom stereocenters. The van der Waals surface area contributed by atoms with Crippen LogP contribution >= 0.6 is 0 Å². The van der Waals surface area contributed by atoms with Crippen molar-refractivity contribution in [2.24, 2.45) is 0 Å². The van der Waals surface area contributed by atoms with E-state index in [1.54, 1.807) is 0 Å². The van der Waals surface area contributed by atoms with Gasteiger partial charge in [-0.25, -0.2) is 0 Å². The van der Waals surface area contributed by atoms with Gasteiger partial charge in [-0.05, 0) is 53.4 Å². The molecule has 0 amide bonds. The van der Waals surface area contributed by atoms with Gasteiger partial charge in [0.1, 0.15) is 0 Å². The Morgan fingerprint density at radius 3 is 2.15 bits per heavy atom. The molecule has 4 rings (SSSR count). The van der Waals surface area contributed by atoms with Crippen molar-refractivity contribution in [1.82, 2.24) is 0 Å². The summed E-state index contributed by atoms with van der Waals surface area (Å²) in [5, 5.41) is 0. The van der Waals surface area contributed by atoms with Gasteiger partial charge in [-0.15, -0.1) is 0 Å². The summed E-state index contributed by atoms with van der Waals surface area (Å²) in [5.74, 6) is 0. The average molecular weight is 260 g/mol. The van der Waals surface area contributed by atoms with Crippen LogP contribution in [0.2, 0.25) is 0 Å². The van der Waals surface area contributed by atoms with E-state index in [0.717, 1.165) is 11.4 Å². The average Bonchev–Trinajstić information content (AvgIpc) is 2.92. The summed E-state index contributed by atoms with van der Waals surface area (Å²) < 4.78 is 0. The molecule has 1 unspecified atom stereocenters. The van der Waals surface area contributed by atoms with E-state index in [0.29, 0.717) is 0 Å². The van der Waals surface area contributed by atoms with Crippen molar-refractivity contribution in [3.05, 3.63) is 70.3 Å². The molecule has 4 N–H and O–H groups in total. The lowest BCUT2D eigenvalue weighted by atomic mass is 9.74. The van der Waals surface area contributed by atoms with Crippen LogP contribution in [0.5, 0.6) is 0 Å². The number of hydrogen-bond donors (Lipinski definition) is 2. The Morgan fingerprint density at radius 2 is 1.45 bits per heavy atom. The lowest BCUT2D eigenvalue weighted by Crippen LogP contribution is -2.23. The van der Waals surface area contributed by atoms with E-state index in [9.17, 15) is 0 Å². The molecule has 0 aromatic heterocycles. The van der Waals surface area contributed by atoms with E-state index in [-0.39, 0.29) is 5.41 Å². The molecule has 98 valence electrons. The Bertz CT molecular complexity index is 783. The zero-order valence-electron chi connectivity index (χ0n) is 11.4. The Morgan fingerprint density at radius 1 is 0.850 bits per heavy atom. The molecule has 20 heavy (non-hydrogen) atoms. The fourth-order valence-corrected chi connectivity index (χ4v) is 3.54. The zero-order valence-corrected chi connectivity index (χ0v) is 11.4. The zero-order chi connectivity index (χ0) is 13.9. The number of hydrogen-bond acceptors (Lipinski definition) is 2. The Kier molecular flexibility index (Phi) is 2.01. The standard InChI is InChI=1S/C18H16N2/c1-11-8-13-3-5-15(20)10-17(13)18(11)7-6-12-2-4-14(19)9-16(12)18/h2-10H,19-20H2,1H3. The summed E-state index contributed by atoms with van der Waals surface area (Å²) in [5.41, 5.74) is 19.8. The largest absolute Gasteiger partial charge is 0.399 e. The van der Waals surface area contributed by atoms with Crippen molar-refractivity contribution < 1.29 is 0 Å². The summed E-state index contributed by atoms with van der Waals surface area (Å²) >= 11 is 0. The smallest absolute Gasteiger partial charge is 0.0609 e. The monoisotopic (exact) mass is 260 g/mol. The lowest BCUT2D eigenvalue weighted by Gasteiger charge is -2.28. The van der Waals surface area contributed by atoms with E-state index in [4.69, 9.17) is 11.5 Å². The van der Waals surface area contributed by atoms with Gasteiger partial charge in [0.15, 0.2) is 0 Å². The second kappa shape index (κ2) is 3.54. The van der Waals surface area contributed by atoms with E-state index in [2.05, 4.69) is 49.4 Å². The van der Waals surface area contributed by atoms with Crippen LogP contribution in [-0.2, 0) is 5.41 Å². The molecule has 0 fully saturated rings. The van der Waals surface area contributed by atoms with Crippen molar-refractivity contribution in [3.63, 3.8) is 0 Å². The first-order valence-corrected chi connectivity index (χ1v) is 6.79. The van der Waals surface area contributed by atoms with Gasteiger partial charge in [0.25, 0.3) is 0 Å². The minimum absolute atomic E-state index is 0.185. The number of nitrogens with two attached hydrogens (primary N) is 2. The second-order valence-electron chi connectivity index (χ2n) is 5.66. The van der Waals surface area contributed by atoms with Gasteiger partial charge in [0, 0.05) is 11.4 Å². The summed E-state index contributed by atoms with van der Waals surface area (Å²) in [7, 11) is 0. The summed E-state index contributed by atoms with van der Waals surface area (Å²) in [6.07, 6.45) is 6.70. The highest BCUT2D eigenvalue weighted by Gasteiger charge is 2.42. The van der Waals surface area contributed by atoms with Crippen LogP contribution in [0, 0.1) is 0 Å². The van der Waals surface area contributed by atoms with Crippen molar-refractivity contribution in [2.75, 3.05) is 11.5 Å². The van der Waals surface area contributed by atoms with Crippen LogP contribution < -0.4 is 11.5 Å². The lowest BCUT2D eigenvalue weighted by molar-refractivity contribution is 0.794. The maximum atomic E-state index is 6.01. The Hall–Kier alpha value is -2.48. The number of rotatable bonds is 0. The fourth-order valence-electron chi connectivity index (χ4n) is 3.54. The third kappa shape index (κ3) is 1.23. The maximum Gasteiger partial charge on any atom is 0.0609 e. The van der Waals surface area contributed by atoms with E-state index >= 15 is 0 Å². The number of nitrogen functional groups attached to an aromatic ring is 2. The van der Waals surface area contributed by atoms with Crippen molar-refractivity contribution in [3.8, 4) is 0 Å². The third-order valence-corrected chi connectivity index (χ3v) is 4.51. The molecule has 0 bridgehead atoms. The minimum Gasteiger partial charge on any atom is -0.399 e. The molecule has 2 heteroatoms. The van der Waals surface area contributed by atoms with Crippen LogP contribution in [0.1, 0.15) is 29.2 Å². The third-order valence-electron chi connectivity index (χ3n) is 4.51. The quantitative estimate of drug-likeness (QED) is 0.711. The maximum absolute atomic E-state index is 6.01.